The predicted octanol–water partition coefficient (Wildman–Crippen LogP) is 2.89. The summed E-state index contributed by atoms with van der Waals surface area (Å²) < 4.78 is 56.3. The quantitative estimate of drug-likeness (QED) is 0.247. The summed E-state index contributed by atoms with van der Waals surface area (Å²) in [4.78, 5) is 26.1. The number of alkyl halides is 4. The minimum absolute atomic E-state index is 0.00769. The molecule has 1 aromatic carbocycles. The Bertz CT molecular complexity index is 1270. The van der Waals surface area contributed by atoms with Gasteiger partial charge in [0.2, 0.25) is 0 Å². The maximum Gasteiger partial charge on any atom is 0.573 e. The van der Waals surface area contributed by atoms with Crippen LogP contribution in [0.25, 0.3) is 0 Å². The molecule has 0 radical (unpaired) electrons. The van der Waals surface area contributed by atoms with Crippen LogP contribution in [0.15, 0.2) is 65.2 Å². The average molecular weight is 580 g/mol. The van der Waals surface area contributed by atoms with Crippen molar-refractivity contribution in [3.05, 3.63) is 71.8 Å². The zero-order valence-electron chi connectivity index (χ0n) is 22.0. The van der Waals surface area contributed by atoms with Crippen LogP contribution in [0.3, 0.4) is 0 Å². The molecule has 0 spiro atoms. The third-order valence-corrected chi connectivity index (χ3v) is 5.49. The lowest BCUT2D eigenvalue weighted by Gasteiger charge is -2.16. The summed E-state index contributed by atoms with van der Waals surface area (Å²) in [6.07, 6.45) is -1.64. The molecule has 12 nitrogen and oxygen atoms in total. The Kier molecular flexibility index (Phi) is 11.6. The van der Waals surface area contributed by atoms with Gasteiger partial charge in [-0.3, -0.25) is 24.8 Å². The maximum atomic E-state index is 14.2. The van der Waals surface area contributed by atoms with Gasteiger partial charge in [0.25, 0.3) is 5.91 Å². The smallest absolute Gasteiger partial charge is 0.406 e. The van der Waals surface area contributed by atoms with Crippen molar-refractivity contribution in [2.24, 2.45) is 10.3 Å². The summed E-state index contributed by atoms with van der Waals surface area (Å²) in [5.41, 5.74) is 1.24. The maximum absolute atomic E-state index is 14.2. The second-order valence-corrected chi connectivity index (χ2v) is 8.70. The lowest BCUT2D eigenvalue weighted by molar-refractivity contribution is -0.274. The second-order valence-electron chi connectivity index (χ2n) is 8.70. The van der Waals surface area contributed by atoms with Crippen molar-refractivity contribution in [1.29, 1.82) is 0 Å². The van der Waals surface area contributed by atoms with Crippen LogP contribution in [0.1, 0.15) is 28.2 Å². The summed E-state index contributed by atoms with van der Waals surface area (Å²) in [7, 11) is 1.75. The number of aromatic nitrogens is 4. The van der Waals surface area contributed by atoms with Gasteiger partial charge in [-0.2, -0.15) is 0 Å². The number of aldehydes is 1. The molecule has 0 saturated heterocycles. The molecular formula is C25H29F4N9O3. The molecule has 2 N–H and O–H groups in total. The number of nitrogens with one attached hydrogen (secondary N) is 2. The number of aryl methyl sites for hydroxylation is 1. The number of ether oxygens (including phenoxy) is 1. The number of hydrogen-bond acceptors (Lipinski definition) is 10. The van der Waals surface area contributed by atoms with Gasteiger partial charge < -0.3 is 14.8 Å². The fourth-order valence-corrected chi connectivity index (χ4v) is 3.50. The molecule has 1 amide bonds. The highest BCUT2D eigenvalue weighted by molar-refractivity contribution is 5.91. The van der Waals surface area contributed by atoms with Crippen LogP contribution in [0, 0.1) is 0 Å². The summed E-state index contributed by atoms with van der Waals surface area (Å²) in [5.74, 6) is -0.946. The van der Waals surface area contributed by atoms with E-state index in [-0.39, 0.29) is 43.7 Å². The van der Waals surface area contributed by atoms with Crippen molar-refractivity contribution in [2.45, 2.75) is 44.6 Å². The molecule has 0 saturated carbocycles. The topological polar surface area (TPSA) is 139 Å². The number of rotatable bonds is 12. The number of pyridine rings is 1. The third kappa shape index (κ3) is 11.3. The van der Waals surface area contributed by atoms with Gasteiger partial charge >= 0.3 is 6.36 Å². The van der Waals surface area contributed by atoms with E-state index in [4.69, 9.17) is 0 Å². The van der Waals surface area contributed by atoms with Crippen LogP contribution in [-0.4, -0.2) is 76.0 Å². The number of nitrogens with zero attached hydrogens (tertiary/aromatic N) is 7. The van der Waals surface area contributed by atoms with Crippen molar-refractivity contribution in [2.75, 3.05) is 20.1 Å². The first-order valence-corrected chi connectivity index (χ1v) is 12.5. The molecule has 2 aromatic heterocycles. The monoisotopic (exact) mass is 579 g/mol. The number of amides is 1. The fraction of sp³-hybridized carbons (Fsp3) is 0.400. The zero-order valence-corrected chi connectivity index (χ0v) is 22.0. The molecule has 220 valence electrons. The van der Waals surface area contributed by atoms with Crippen molar-refractivity contribution < 1.29 is 31.9 Å². The number of carbonyl (C=O) groups is 2. The molecule has 2 unspecified atom stereocenters. The van der Waals surface area contributed by atoms with Crippen molar-refractivity contribution >= 4 is 12.2 Å². The molecule has 1 aliphatic heterocycles. The molecular weight excluding hydrogens is 550 g/mol. The number of carbonyl (C=O) groups excluding carboxylic acids is 2. The van der Waals surface area contributed by atoms with Gasteiger partial charge in [-0.25, -0.2) is 4.39 Å². The molecule has 1 aliphatic rings. The van der Waals surface area contributed by atoms with Crippen LogP contribution >= 0.6 is 0 Å². The fourth-order valence-electron chi connectivity index (χ4n) is 3.50. The average Bonchev–Trinajstić information content (AvgIpc) is 3.61. The Morgan fingerprint density at radius 2 is 2.07 bits per heavy atom. The first-order valence-electron chi connectivity index (χ1n) is 12.5. The van der Waals surface area contributed by atoms with E-state index >= 15 is 0 Å². The van der Waals surface area contributed by atoms with E-state index in [2.05, 4.69) is 41.0 Å². The largest absolute Gasteiger partial charge is 0.573 e. The van der Waals surface area contributed by atoms with Crippen LogP contribution < -0.4 is 15.4 Å². The number of hydrogen-bond donors (Lipinski definition) is 2. The SMILES string of the molecule is CNC1CN(CC(F)CCn2cc(C(=O)NCc3cccc(OC(F)(F)F)c3)nn2)N=N1.O=CCc1ccccn1. The van der Waals surface area contributed by atoms with Crippen molar-refractivity contribution in [1.82, 2.24) is 35.6 Å². The van der Waals surface area contributed by atoms with Crippen LogP contribution in [-0.2, 0) is 24.3 Å². The van der Waals surface area contributed by atoms with E-state index in [0.717, 1.165) is 18.0 Å². The number of halogens is 4. The van der Waals surface area contributed by atoms with E-state index in [9.17, 15) is 27.2 Å². The standard InChI is InChI=1S/C18H22F4N8O2.C7H7NO/c1-23-16-11-30(28-26-16)9-13(19)5-6-29-10-15(25-27-29)17(31)24-8-12-3-2-4-14(7-12)32-18(20,21)22;9-6-4-7-3-1-2-5-8-7/h2-4,7,10,13,16,23H,5-6,8-9,11H2,1H3,(H,24,31);1-3,5-6H,4H2. The van der Waals surface area contributed by atoms with E-state index in [1.165, 1.54) is 23.0 Å². The summed E-state index contributed by atoms with van der Waals surface area (Å²) >= 11 is 0. The normalized spacial score (nSPS) is 15.1. The van der Waals surface area contributed by atoms with Crippen LogP contribution in [0.5, 0.6) is 5.75 Å². The minimum Gasteiger partial charge on any atom is -0.406 e. The number of benzene rings is 1. The first-order chi connectivity index (χ1) is 19.6. The summed E-state index contributed by atoms with van der Waals surface area (Å²) in [5, 5.41) is 22.4. The molecule has 4 rings (SSSR count). The van der Waals surface area contributed by atoms with Crippen LogP contribution in [0.2, 0.25) is 0 Å². The zero-order chi connectivity index (χ0) is 29.7. The van der Waals surface area contributed by atoms with Gasteiger partial charge in [0.05, 0.1) is 19.3 Å². The van der Waals surface area contributed by atoms with E-state index in [1.807, 2.05) is 18.2 Å². The van der Waals surface area contributed by atoms with Crippen molar-refractivity contribution in [3.8, 4) is 5.75 Å². The molecule has 16 heteroatoms. The van der Waals surface area contributed by atoms with Crippen LogP contribution in [0.4, 0.5) is 17.6 Å². The van der Waals surface area contributed by atoms with Gasteiger partial charge in [-0.05, 0) is 36.9 Å². The Balaban J connectivity index is 0.000000436. The second kappa shape index (κ2) is 15.4. The van der Waals surface area contributed by atoms with Gasteiger partial charge in [0.15, 0.2) is 5.69 Å². The van der Waals surface area contributed by atoms with E-state index < -0.39 is 18.4 Å². The Morgan fingerprint density at radius 3 is 2.76 bits per heavy atom. The van der Waals surface area contributed by atoms with Gasteiger partial charge in [0.1, 0.15) is 24.4 Å². The number of likely N-dealkylation sites (N-methyl/N-ethyl adjacent to an activating group) is 1. The molecule has 0 bridgehead atoms. The Hall–Kier alpha value is -4.47. The highest BCUT2D eigenvalue weighted by atomic mass is 19.4. The van der Waals surface area contributed by atoms with E-state index in [1.54, 1.807) is 24.3 Å². The molecule has 3 heterocycles. The molecule has 3 aromatic rings. The van der Waals surface area contributed by atoms with E-state index in [0.29, 0.717) is 18.5 Å². The molecule has 0 fully saturated rings. The van der Waals surface area contributed by atoms with Crippen molar-refractivity contribution in [3.63, 3.8) is 0 Å². The van der Waals surface area contributed by atoms with Gasteiger partial charge in [0, 0.05) is 37.8 Å². The predicted molar refractivity (Wildman–Crippen MR) is 137 cm³/mol. The molecule has 41 heavy (non-hydrogen) atoms. The minimum atomic E-state index is -4.80. The lowest BCUT2D eigenvalue weighted by Crippen LogP contribution is -2.33. The highest BCUT2D eigenvalue weighted by Crippen LogP contribution is 2.23. The third-order valence-electron chi connectivity index (χ3n) is 5.49. The highest BCUT2D eigenvalue weighted by Gasteiger charge is 2.31. The summed E-state index contributed by atoms with van der Waals surface area (Å²) in [6.45, 7) is 0.765. The van der Waals surface area contributed by atoms with Gasteiger partial charge in [-0.1, -0.05) is 28.6 Å². The first kappa shape index (κ1) is 31.1. The molecule has 2 atom stereocenters. The molecule has 0 aliphatic carbocycles. The lowest BCUT2D eigenvalue weighted by atomic mass is 10.2. The Morgan fingerprint density at radius 1 is 1.24 bits per heavy atom. The Labute approximate surface area is 232 Å². The summed E-state index contributed by atoms with van der Waals surface area (Å²) in [6, 6.07) is 10.8. The van der Waals surface area contributed by atoms with Gasteiger partial charge in [-0.15, -0.1) is 23.4 Å².